The molecule has 0 atom stereocenters. The molecule has 0 aromatic rings. The molecule has 0 heterocycles. The number of carbonyl (C=O) groups excluding carboxylic acids is 1. The van der Waals surface area contributed by atoms with Gasteiger partial charge in [0.25, 0.3) is 0 Å². The lowest BCUT2D eigenvalue weighted by atomic mass is 9.84. The van der Waals surface area contributed by atoms with E-state index < -0.39 is 5.60 Å². The summed E-state index contributed by atoms with van der Waals surface area (Å²) >= 11 is 0. The Hall–Kier alpha value is -0.630. The van der Waals surface area contributed by atoms with Gasteiger partial charge in [-0.15, -0.1) is 0 Å². The van der Waals surface area contributed by atoms with E-state index in [1.807, 2.05) is 0 Å². The van der Waals surface area contributed by atoms with Crippen molar-refractivity contribution in [2.45, 2.75) is 44.6 Å². The van der Waals surface area contributed by atoms with Crippen molar-refractivity contribution in [2.75, 3.05) is 0 Å². The van der Waals surface area contributed by atoms with Gasteiger partial charge in [-0.05, 0) is 31.9 Å². The fourth-order valence-electron chi connectivity index (χ4n) is 1.60. The molecule has 0 aromatic carbocycles. The highest BCUT2D eigenvalue weighted by Crippen LogP contribution is 2.28. The summed E-state index contributed by atoms with van der Waals surface area (Å²) in [6.07, 6.45) is 8.08. The van der Waals surface area contributed by atoms with Gasteiger partial charge in [-0.2, -0.15) is 0 Å². The van der Waals surface area contributed by atoms with Crippen LogP contribution < -0.4 is 0 Å². The summed E-state index contributed by atoms with van der Waals surface area (Å²) in [7, 11) is 0. The summed E-state index contributed by atoms with van der Waals surface area (Å²) in [5.41, 5.74) is -0.691. The van der Waals surface area contributed by atoms with Gasteiger partial charge >= 0.3 is 0 Å². The summed E-state index contributed by atoms with van der Waals surface area (Å²) < 4.78 is 0. The number of hydrogen-bond acceptors (Lipinski definition) is 2. The van der Waals surface area contributed by atoms with Gasteiger partial charge in [-0.25, -0.2) is 0 Å². The van der Waals surface area contributed by atoms with Gasteiger partial charge in [-0.3, -0.25) is 4.79 Å². The van der Waals surface area contributed by atoms with E-state index in [-0.39, 0.29) is 5.78 Å². The van der Waals surface area contributed by atoms with Gasteiger partial charge in [-0.1, -0.05) is 19.3 Å². The fraction of sp³-hybridized carbons (Fsp3) is 0.700. The van der Waals surface area contributed by atoms with Crippen LogP contribution in [0.5, 0.6) is 0 Å². The average molecular weight is 168 g/mol. The van der Waals surface area contributed by atoms with Gasteiger partial charge in [0.2, 0.25) is 0 Å². The van der Waals surface area contributed by atoms with Crippen LogP contribution in [0.4, 0.5) is 0 Å². The summed E-state index contributed by atoms with van der Waals surface area (Å²) in [5.74, 6) is 0.00833. The average Bonchev–Trinajstić information content (AvgIpc) is 2.03. The molecule has 2 nitrogen and oxygen atoms in total. The molecule has 0 saturated heterocycles. The lowest BCUT2D eigenvalue weighted by Crippen LogP contribution is -2.28. The number of rotatable bonds is 2. The van der Waals surface area contributed by atoms with Gasteiger partial charge in [0.15, 0.2) is 5.78 Å². The first-order chi connectivity index (χ1) is 5.62. The van der Waals surface area contributed by atoms with Gasteiger partial charge in [0.05, 0.1) is 5.60 Å². The molecule has 68 valence electrons. The van der Waals surface area contributed by atoms with Crippen LogP contribution >= 0.6 is 0 Å². The molecule has 2 heteroatoms. The van der Waals surface area contributed by atoms with Crippen molar-refractivity contribution in [1.82, 2.24) is 0 Å². The zero-order valence-electron chi connectivity index (χ0n) is 7.55. The Morgan fingerprint density at radius 2 is 1.92 bits per heavy atom. The molecule has 1 fully saturated rings. The Balaban J connectivity index is 2.52. The van der Waals surface area contributed by atoms with Crippen LogP contribution in [0.2, 0.25) is 0 Å². The maximum Gasteiger partial charge on any atom is 0.152 e. The molecule has 12 heavy (non-hydrogen) atoms. The molecule has 0 spiro atoms. The van der Waals surface area contributed by atoms with Crippen molar-refractivity contribution >= 4 is 5.78 Å². The third-order valence-corrected chi connectivity index (χ3v) is 2.35. The summed E-state index contributed by atoms with van der Waals surface area (Å²) in [5, 5.41) is 9.88. The van der Waals surface area contributed by atoms with E-state index in [4.69, 9.17) is 0 Å². The van der Waals surface area contributed by atoms with E-state index in [2.05, 4.69) is 0 Å². The molecule has 0 aromatic heterocycles. The standard InChI is InChI=1S/C10H16O2/c1-9(11)5-8-10(12)6-3-2-4-7-10/h5,8,12H,2-4,6-7H2,1H3/b8-5+. The van der Waals surface area contributed by atoms with Crippen LogP contribution in [0.25, 0.3) is 0 Å². The first-order valence-electron chi connectivity index (χ1n) is 4.55. The molecule has 1 saturated carbocycles. The molecule has 1 rings (SSSR count). The number of ketones is 1. The van der Waals surface area contributed by atoms with Crippen LogP contribution in [-0.2, 0) is 4.79 Å². The predicted molar refractivity (Wildman–Crippen MR) is 47.9 cm³/mol. The zero-order chi connectivity index (χ0) is 9.03. The molecule has 0 unspecified atom stereocenters. The van der Waals surface area contributed by atoms with Crippen molar-refractivity contribution in [2.24, 2.45) is 0 Å². The topological polar surface area (TPSA) is 37.3 Å². The summed E-state index contributed by atoms with van der Waals surface area (Å²) in [6.45, 7) is 1.50. The smallest absolute Gasteiger partial charge is 0.152 e. The molecule has 1 N–H and O–H groups in total. The van der Waals surface area contributed by atoms with E-state index >= 15 is 0 Å². The van der Waals surface area contributed by atoms with E-state index in [1.54, 1.807) is 6.08 Å². The van der Waals surface area contributed by atoms with Gasteiger partial charge in [0.1, 0.15) is 0 Å². The van der Waals surface area contributed by atoms with E-state index in [1.165, 1.54) is 19.4 Å². The number of hydrogen-bond donors (Lipinski definition) is 1. The Morgan fingerprint density at radius 3 is 2.42 bits per heavy atom. The van der Waals surface area contributed by atoms with Crippen LogP contribution in [-0.4, -0.2) is 16.5 Å². The number of allylic oxidation sites excluding steroid dienone is 1. The molecule has 0 radical (unpaired) electrons. The molecule has 0 aliphatic heterocycles. The van der Waals surface area contributed by atoms with Crippen LogP contribution in [0.1, 0.15) is 39.0 Å². The van der Waals surface area contributed by atoms with Crippen LogP contribution in [0, 0.1) is 0 Å². The third kappa shape index (κ3) is 2.78. The number of aliphatic hydroxyl groups is 1. The zero-order valence-corrected chi connectivity index (χ0v) is 7.55. The normalized spacial score (nSPS) is 22.8. The number of carbonyl (C=O) groups is 1. The maximum absolute atomic E-state index is 10.6. The van der Waals surface area contributed by atoms with Crippen molar-refractivity contribution in [3.8, 4) is 0 Å². The molecule has 0 amide bonds. The van der Waals surface area contributed by atoms with Gasteiger partial charge < -0.3 is 5.11 Å². The minimum atomic E-state index is -0.691. The Kier molecular flexibility index (Phi) is 3.04. The lowest BCUT2D eigenvalue weighted by molar-refractivity contribution is -0.112. The molecule has 0 bridgehead atoms. The first kappa shape index (κ1) is 9.46. The maximum atomic E-state index is 10.6. The van der Waals surface area contributed by atoms with Crippen LogP contribution in [0.15, 0.2) is 12.2 Å². The van der Waals surface area contributed by atoms with Crippen LogP contribution in [0.3, 0.4) is 0 Å². The van der Waals surface area contributed by atoms with E-state index in [0.29, 0.717) is 0 Å². The van der Waals surface area contributed by atoms with E-state index in [0.717, 1.165) is 25.7 Å². The summed E-state index contributed by atoms with van der Waals surface area (Å²) in [4.78, 5) is 10.6. The molecular weight excluding hydrogens is 152 g/mol. The second kappa shape index (κ2) is 3.85. The fourth-order valence-corrected chi connectivity index (χ4v) is 1.60. The lowest BCUT2D eigenvalue weighted by Gasteiger charge is -2.28. The highest BCUT2D eigenvalue weighted by molar-refractivity contribution is 5.87. The second-order valence-corrected chi connectivity index (χ2v) is 3.61. The molecular formula is C10H16O2. The third-order valence-electron chi connectivity index (χ3n) is 2.35. The van der Waals surface area contributed by atoms with Crippen molar-refractivity contribution in [1.29, 1.82) is 0 Å². The minimum absolute atomic E-state index is 0.00833. The Labute approximate surface area is 73.3 Å². The van der Waals surface area contributed by atoms with Crippen molar-refractivity contribution in [3.05, 3.63) is 12.2 Å². The SMILES string of the molecule is CC(=O)/C=C/C1(O)CCCCC1. The van der Waals surface area contributed by atoms with Crippen molar-refractivity contribution in [3.63, 3.8) is 0 Å². The molecule has 1 aliphatic rings. The predicted octanol–water partition coefficient (Wildman–Crippen LogP) is 1.83. The van der Waals surface area contributed by atoms with Crippen molar-refractivity contribution < 1.29 is 9.90 Å². The Morgan fingerprint density at radius 1 is 1.33 bits per heavy atom. The molecule has 1 aliphatic carbocycles. The van der Waals surface area contributed by atoms with E-state index in [9.17, 15) is 9.90 Å². The quantitative estimate of drug-likeness (QED) is 0.639. The second-order valence-electron chi connectivity index (χ2n) is 3.61. The summed E-state index contributed by atoms with van der Waals surface area (Å²) in [6, 6.07) is 0. The minimum Gasteiger partial charge on any atom is -0.386 e. The highest BCUT2D eigenvalue weighted by Gasteiger charge is 2.25. The largest absolute Gasteiger partial charge is 0.386 e. The van der Waals surface area contributed by atoms with Gasteiger partial charge in [0, 0.05) is 0 Å². The monoisotopic (exact) mass is 168 g/mol. The first-order valence-corrected chi connectivity index (χ1v) is 4.55. The highest BCUT2D eigenvalue weighted by atomic mass is 16.3. The Bertz CT molecular complexity index is 188.